The van der Waals surface area contributed by atoms with Gasteiger partial charge in [0.05, 0.1) is 34.0 Å². The Morgan fingerprint density at radius 2 is 1.76 bits per heavy atom. The van der Waals surface area contributed by atoms with Crippen LogP contribution >= 0.6 is 23.2 Å². The van der Waals surface area contributed by atoms with Crippen molar-refractivity contribution in [3.05, 3.63) is 97.5 Å². The minimum absolute atomic E-state index is 0.0757. The van der Waals surface area contributed by atoms with Crippen LogP contribution in [0, 0.1) is 34.6 Å². The molecule has 1 aliphatic heterocycles. The molecule has 3 aromatic carbocycles. The lowest BCUT2D eigenvalue weighted by atomic mass is 9.98. The molecular formula is C39H39Cl2N5O4. The molecule has 0 bridgehead atoms. The van der Waals surface area contributed by atoms with Crippen molar-refractivity contribution in [3.8, 4) is 16.9 Å². The number of aromatic nitrogens is 4. The fraction of sp³-hybridized carbons (Fsp3) is 0.308. The number of hydrogen-bond acceptors (Lipinski definition) is 4. The van der Waals surface area contributed by atoms with E-state index in [0.29, 0.717) is 47.9 Å². The second kappa shape index (κ2) is 12.5. The highest BCUT2D eigenvalue weighted by molar-refractivity contribution is 6.35. The normalized spacial score (nSPS) is 14.6. The highest BCUT2D eigenvalue weighted by Gasteiger charge is 2.37. The molecule has 0 spiro atoms. The number of nitrogens with one attached hydrogen (secondary N) is 1. The molecule has 4 heterocycles. The standard InChI is InChI=1S/C39H39Cl2N5O4/c1-19-13-25-17-30(39(48)49)42-35(25)31(14-19)45-18-22(4)46-36-28(10-11-29(40)33(36)32-23(5)43-44(7)24(32)6)27(37(46)38(45)47)9-8-12-50-26-15-20(2)34(41)21(3)16-26/h10-11,13-17,22,42H,8-9,12,18H2,1-7H3,(H,48,49). The summed E-state index contributed by atoms with van der Waals surface area (Å²) < 4.78 is 10.2. The number of fused-ring (bicyclic) bond motifs is 4. The zero-order valence-corrected chi connectivity index (χ0v) is 30.7. The lowest BCUT2D eigenvalue weighted by Crippen LogP contribution is -2.43. The van der Waals surface area contributed by atoms with Gasteiger partial charge in [0.1, 0.15) is 17.1 Å². The Morgan fingerprint density at radius 1 is 1.04 bits per heavy atom. The number of aromatic carboxylic acids is 1. The summed E-state index contributed by atoms with van der Waals surface area (Å²) in [6.45, 7) is 12.8. The van der Waals surface area contributed by atoms with Gasteiger partial charge in [0.2, 0.25) is 0 Å². The lowest BCUT2D eigenvalue weighted by molar-refractivity contribution is 0.0691. The molecule has 11 heteroatoms. The van der Waals surface area contributed by atoms with Gasteiger partial charge >= 0.3 is 5.97 Å². The predicted octanol–water partition coefficient (Wildman–Crippen LogP) is 9.30. The highest BCUT2D eigenvalue weighted by Crippen LogP contribution is 2.45. The van der Waals surface area contributed by atoms with Gasteiger partial charge in [-0.3, -0.25) is 9.48 Å². The maximum Gasteiger partial charge on any atom is 0.352 e. The number of carboxylic acids is 1. The van der Waals surface area contributed by atoms with E-state index >= 15 is 0 Å². The molecule has 0 saturated heterocycles. The number of H-pyrrole nitrogens is 1. The molecule has 9 nitrogen and oxygen atoms in total. The van der Waals surface area contributed by atoms with Crippen LogP contribution in [-0.4, -0.2) is 49.5 Å². The van der Waals surface area contributed by atoms with Crippen LogP contribution in [0.5, 0.6) is 5.75 Å². The van der Waals surface area contributed by atoms with Gasteiger partial charge in [0.25, 0.3) is 5.91 Å². The lowest BCUT2D eigenvalue weighted by Gasteiger charge is -2.34. The van der Waals surface area contributed by atoms with Crippen molar-refractivity contribution >= 4 is 62.6 Å². The summed E-state index contributed by atoms with van der Waals surface area (Å²) in [4.78, 5) is 31.7. The van der Waals surface area contributed by atoms with Gasteiger partial charge in [-0.05, 0) is 113 Å². The van der Waals surface area contributed by atoms with Crippen molar-refractivity contribution in [1.29, 1.82) is 0 Å². The van der Waals surface area contributed by atoms with Gasteiger partial charge in [-0.15, -0.1) is 0 Å². The van der Waals surface area contributed by atoms with Crippen molar-refractivity contribution in [1.82, 2.24) is 19.3 Å². The molecule has 1 unspecified atom stereocenters. The van der Waals surface area contributed by atoms with E-state index < -0.39 is 5.97 Å². The van der Waals surface area contributed by atoms with Crippen molar-refractivity contribution in [2.24, 2.45) is 7.05 Å². The molecule has 1 aliphatic rings. The number of carbonyl (C=O) groups is 2. The van der Waals surface area contributed by atoms with Crippen LogP contribution in [0.4, 0.5) is 5.69 Å². The molecule has 0 fully saturated rings. The number of aromatic amines is 1. The predicted molar refractivity (Wildman–Crippen MR) is 200 cm³/mol. The second-order valence-electron chi connectivity index (χ2n) is 13.5. The fourth-order valence-electron chi connectivity index (χ4n) is 7.64. The van der Waals surface area contributed by atoms with Crippen molar-refractivity contribution in [3.63, 3.8) is 0 Å². The number of anilines is 1. The Morgan fingerprint density at radius 3 is 2.42 bits per heavy atom. The molecule has 2 N–H and O–H groups in total. The summed E-state index contributed by atoms with van der Waals surface area (Å²) >= 11 is 13.5. The second-order valence-corrected chi connectivity index (χ2v) is 14.3. The van der Waals surface area contributed by atoms with Gasteiger partial charge in [-0.1, -0.05) is 29.3 Å². The Hall–Kier alpha value is -4.73. The summed E-state index contributed by atoms with van der Waals surface area (Å²) in [6.07, 6.45) is 1.24. The van der Waals surface area contributed by atoms with Crippen LogP contribution in [0.1, 0.15) is 74.0 Å². The Balaban J connectivity index is 1.38. The van der Waals surface area contributed by atoms with Gasteiger partial charge in [-0.2, -0.15) is 5.10 Å². The summed E-state index contributed by atoms with van der Waals surface area (Å²) in [6, 6.07) is 13.2. The monoisotopic (exact) mass is 711 g/mol. The third-order valence-corrected chi connectivity index (χ3v) is 10.8. The van der Waals surface area contributed by atoms with Crippen molar-refractivity contribution in [2.45, 2.75) is 60.4 Å². The molecular weight excluding hydrogens is 673 g/mol. The number of aryl methyl sites for hydroxylation is 6. The van der Waals surface area contributed by atoms with Gasteiger partial charge in [-0.25, -0.2) is 4.79 Å². The zero-order valence-electron chi connectivity index (χ0n) is 29.2. The van der Waals surface area contributed by atoms with E-state index in [0.717, 1.165) is 71.8 Å². The van der Waals surface area contributed by atoms with Crippen LogP contribution in [0.3, 0.4) is 0 Å². The molecule has 0 aliphatic carbocycles. The maximum absolute atomic E-state index is 15.0. The Bertz CT molecular complexity index is 2360. The summed E-state index contributed by atoms with van der Waals surface area (Å²) in [5.41, 5.74) is 10.3. The molecule has 50 heavy (non-hydrogen) atoms. The van der Waals surface area contributed by atoms with Crippen LogP contribution in [0.2, 0.25) is 10.0 Å². The fourth-order valence-corrected chi connectivity index (χ4v) is 7.99. The van der Waals surface area contributed by atoms with Gasteiger partial charge in [0, 0.05) is 52.3 Å². The number of benzene rings is 3. The SMILES string of the molecule is Cc1cc(N2CC(C)n3c(c(CCCOc4cc(C)c(Cl)c(C)c4)c4ccc(Cl)c(-c5c(C)nn(C)c5C)c43)C2=O)c2[nH]c(C(=O)O)cc2c1. The molecule has 7 rings (SSSR count). The van der Waals surface area contributed by atoms with Crippen LogP contribution in [-0.2, 0) is 13.5 Å². The van der Waals surface area contributed by atoms with E-state index in [1.165, 1.54) is 0 Å². The number of halogens is 2. The van der Waals surface area contributed by atoms with Gasteiger partial charge in [0.15, 0.2) is 0 Å². The number of hydrogen-bond donors (Lipinski definition) is 2. The average molecular weight is 713 g/mol. The topological polar surface area (TPSA) is 105 Å². The smallest absolute Gasteiger partial charge is 0.352 e. The molecule has 1 atom stereocenters. The van der Waals surface area contributed by atoms with Crippen LogP contribution in [0.25, 0.3) is 32.9 Å². The molecule has 6 aromatic rings. The largest absolute Gasteiger partial charge is 0.494 e. The Labute approximate surface area is 300 Å². The number of amides is 1. The van der Waals surface area contributed by atoms with E-state index in [4.69, 9.17) is 33.0 Å². The number of carboxylic acid groups (broad SMARTS) is 1. The first-order valence-corrected chi connectivity index (χ1v) is 17.5. The van der Waals surface area contributed by atoms with Crippen LogP contribution < -0.4 is 9.64 Å². The van der Waals surface area contributed by atoms with Crippen molar-refractivity contribution < 1.29 is 19.4 Å². The van der Waals surface area contributed by atoms with Crippen LogP contribution in [0.15, 0.2) is 42.5 Å². The number of rotatable bonds is 8. The van der Waals surface area contributed by atoms with E-state index in [9.17, 15) is 14.7 Å². The Kier molecular flexibility index (Phi) is 8.47. The molecule has 258 valence electrons. The number of carbonyl (C=O) groups excluding carboxylic acids is 1. The number of ether oxygens (including phenoxy) is 1. The van der Waals surface area contributed by atoms with E-state index in [-0.39, 0.29) is 17.6 Å². The first-order chi connectivity index (χ1) is 23.8. The summed E-state index contributed by atoms with van der Waals surface area (Å²) in [5, 5.41) is 17.5. The van der Waals surface area contributed by atoms with E-state index in [2.05, 4.69) is 16.5 Å². The molecule has 3 aromatic heterocycles. The minimum atomic E-state index is -1.05. The molecule has 0 radical (unpaired) electrons. The summed E-state index contributed by atoms with van der Waals surface area (Å²) in [7, 11) is 1.92. The van der Waals surface area contributed by atoms with Crippen molar-refractivity contribution in [2.75, 3.05) is 18.1 Å². The minimum Gasteiger partial charge on any atom is -0.494 e. The third-order valence-electron chi connectivity index (χ3n) is 9.94. The van der Waals surface area contributed by atoms with E-state index in [1.54, 1.807) is 11.0 Å². The first-order valence-electron chi connectivity index (χ1n) is 16.7. The molecule has 0 saturated carbocycles. The van der Waals surface area contributed by atoms with Gasteiger partial charge < -0.3 is 24.3 Å². The van der Waals surface area contributed by atoms with E-state index in [1.807, 2.05) is 82.7 Å². The quantitative estimate of drug-likeness (QED) is 0.153. The highest BCUT2D eigenvalue weighted by atomic mass is 35.5. The molecule has 1 amide bonds. The maximum atomic E-state index is 15.0. The summed E-state index contributed by atoms with van der Waals surface area (Å²) in [5.74, 6) is -0.447. The average Bonchev–Trinajstić information content (AvgIpc) is 3.71. The zero-order chi connectivity index (χ0) is 35.8. The number of nitrogens with zero attached hydrogens (tertiary/aromatic N) is 4. The first kappa shape index (κ1) is 33.8. The third kappa shape index (κ3) is 5.43.